The Labute approximate surface area is 145 Å². The van der Waals surface area contributed by atoms with Gasteiger partial charge in [-0.3, -0.25) is 9.59 Å². The first-order chi connectivity index (χ1) is 11.5. The maximum atomic E-state index is 13.1. The second-order valence-corrected chi connectivity index (χ2v) is 7.40. The van der Waals surface area contributed by atoms with E-state index in [4.69, 9.17) is 5.73 Å². The highest BCUT2D eigenvalue weighted by Gasteiger charge is 2.33. The van der Waals surface area contributed by atoms with Gasteiger partial charge >= 0.3 is 0 Å². The number of aromatic nitrogens is 1. The molecule has 24 heavy (non-hydrogen) atoms. The average Bonchev–Trinajstić information content (AvgIpc) is 2.96. The van der Waals surface area contributed by atoms with Crippen LogP contribution < -0.4 is 5.73 Å². The minimum atomic E-state index is -0.529. The van der Waals surface area contributed by atoms with Crippen LogP contribution in [0.15, 0.2) is 24.3 Å². The molecule has 2 amide bonds. The van der Waals surface area contributed by atoms with Crippen molar-refractivity contribution >= 4 is 23.2 Å². The Kier molecular flexibility index (Phi) is 4.66. The molecule has 5 nitrogen and oxygen atoms in total. The predicted octanol–water partition coefficient (Wildman–Crippen LogP) is 2.91. The molecule has 2 N–H and O–H groups in total. The van der Waals surface area contributed by atoms with Gasteiger partial charge in [-0.15, -0.1) is 11.3 Å². The van der Waals surface area contributed by atoms with Crippen molar-refractivity contribution in [3.05, 3.63) is 40.5 Å². The van der Waals surface area contributed by atoms with E-state index >= 15 is 0 Å². The third-order valence-electron chi connectivity index (χ3n) is 4.31. The van der Waals surface area contributed by atoms with E-state index in [1.807, 2.05) is 38.1 Å². The number of carbonyl (C=O) groups is 2. The Bertz CT molecular complexity index is 784. The normalized spacial score (nSPS) is 17.8. The first-order valence-corrected chi connectivity index (χ1v) is 8.94. The highest BCUT2D eigenvalue weighted by atomic mass is 32.1. The lowest BCUT2D eigenvalue weighted by Crippen LogP contribution is -2.50. The molecular weight excluding hydrogens is 322 g/mol. The molecule has 0 radical (unpaired) electrons. The molecule has 1 aromatic carbocycles. The number of rotatable bonds is 3. The smallest absolute Gasteiger partial charge is 0.274 e. The molecule has 1 aliphatic rings. The first kappa shape index (κ1) is 16.6. The number of primary amides is 1. The third kappa shape index (κ3) is 3.19. The Morgan fingerprint density at radius 1 is 1.29 bits per heavy atom. The number of hydrogen-bond acceptors (Lipinski definition) is 4. The van der Waals surface area contributed by atoms with Crippen molar-refractivity contribution in [2.45, 2.75) is 39.2 Å². The highest BCUT2D eigenvalue weighted by molar-refractivity contribution is 7.15. The lowest BCUT2D eigenvalue weighted by Gasteiger charge is -2.33. The summed E-state index contributed by atoms with van der Waals surface area (Å²) in [5, 5.41) is 0.836. The molecular formula is C18H21N3O2S. The maximum Gasteiger partial charge on any atom is 0.274 e. The minimum Gasteiger partial charge on any atom is -0.368 e. The molecule has 1 aliphatic heterocycles. The van der Waals surface area contributed by atoms with E-state index in [1.54, 1.807) is 4.90 Å². The zero-order chi connectivity index (χ0) is 17.3. The molecule has 126 valence electrons. The third-order valence-corrected chi connectivity index (χ3v) is 5.33. The Balaban J connectivity index is 2.00. The molecule has 1 saturated heterocycles. The van der Waals surface area contributed by atoms with E-state index in [0.29, 0.717) is 18.7 Å². The molecule has 2 heterocycles. The monoisotopic (exact) mass is 343 g/mol. The van der Waals surface area contributed by atoms with Gasteiger partial charge < -0.3 is 10.6 Å². The lowest BCUT2D eigenvalue weighted by molar-refractivity contribution is -0.123. The Morgan fingerprint density at radius 2 is 2.08 bits per heavy atom. The molecule has 0 unspecified atom stereocenters. The number of nitrogens with two attached hydrogens (primary N) is 1. The summed E-state index contributed by atoms with van der Waals surface area (Å²) in [5.74, 6) is -0.633. The van der Waals surface area contributed by atoms with Gasteiger partial charge in [-0.1, -0.05) is 29.8 Å². The number of amides is 2. The standard InChI is InChI=1S/C18H21N3O2S/c1-11-6-5-7-13(10-11)16-15(20-12(2)24-16)18(23)21-9-4-3-8-14(21)17(19)22/h5-7,10,14H,3-4,8-9H2,1-2H3,(H2,19,22)/t14-/m0/s1. The van der Waals surface area contributed by atoms with Crippen LogP contribution in [0.4, 0.5) is 0 Å². The number of nitrogens with zero attached hydrogens (tertiary/aromatic N) is 2. The van der Waals surface area contributed by atoms with Crippen LogP contribution in [0.25, 0.3) is 10.4 Å². The van der Waals surface area contributed by atoms with Crippen molar-refractivity contribution in [2.75, 3.05) is 6.54 Å². The van der Waals surface area contributed by atoms with Gasteiger partial charge in [0.25, 0.3) is 5.91 Å². The summed E-state index contributed by atoms with van der Waals surface area (Å²) in [7, 11) is 0. The topological polar surface area (TPSA) is 76.3 Å². The number of benzene rings is 1. The van der Waals surface area contributed by atoms with Crippen LogP contribution in [0.1, 0.15) is 40.3 Å². The van der Waals surface area contributed by atoms with Gasteiger partial charge in [-0.2, -0.15) is 0 Å². The van der Waals surface area contributed by atoms with Crippen molar-refractivity contribution in [3.8, 4) is 10.4 Å². The lowest BCUT2D eigenvalue weighted by atomic mass is 10.0. The van der Waals surface area contributed by atoms with Crippen LogP contribution >= 0.6 is 11.3 Å². The fourth-order valence-electron chi connectivity index (χ4n) is 3.16. The summed E-state index contributed by atoms with van der Waals surface area (Å²) >= 11 is 1.50. The zero-order valence-corrected chi connectivity index (χ0v) is 14.7. The van der Waals surface area contributed by atoms with Gasteiger partial charge in [0.05, 0.1) is 9.88 Å². The fraction of sp³-hybridized carbons (Fsp3) is 0.389. The van der Waals surface area contributed by atoms with Gasteiger partial charge in [-0.25, -0.2) is 4.98 Å². The van der Waals surface area contributed by atoms with Crippen LogP contribution in [-0.4, -0.2) is 34.3 Å². The van der Waals surface area contributed by atoms with Crippen molar-refractivity contribution in [3.63, 3.8) is 0 Å². The van der Waals surface area contributed by atoms with Crippen molar-refractivity contribution in [2.24, 2.45) is 5.73 Å². The highest BCUT2D eigenvalue weighted by Crippen LogP contribution is 2.32. The summed E-state index contributed by atoms with van der Waals surface area (Å²) in [6, 6.07) is 7.50. The quantitative estimate of drug-likeness (QED) is 0.931. The van der Waals surface area contributed by atoms with Crippen molar-refractivity contribution < 1.29 is 9.59 Å². The number of piperidine rings is 1. The minimum absolute atomic E-state index is 0.195. The summed E-state index contributed by atoms with van der Waals surface area (Å²) in [6.07, 6.45) is 2.43. The predicted molar refractivity (Wildman–Crippen MR) is 94.9 cm³/mol. The summed E-state index contributed by atoms with van der Waals surface area (Å²) in [4.78, 5) is 31.7. The van der Waals surface area contributed by atoms with Crippen molar-refractivity contribution in [1.29, 1.82) is 0 Å². The van der Waals surface area contributed by atoms with Gasteiger partial charge in [0.15, 0.2) is 0 Å². The molecule has 0 spiro atoms. The largest absolute Gasteiger partial charge is 0.368 e. The van der Waals surface area contributed by atoms with E-state index in [2.05, 4.69) is 4.98 Å². The van der Waals surface area contributed by atoms with Crippen LogP contribution in [0, 0.1) is 13.8 Å². The van der Waals surface area contributed by atoms with Gasteiger partial charge in [0.1, 0.15) is 11.7 Å². The van der Waals surface area contributed by atoms with E-state index in [1.165, 1.54) is 11.3 Å². The Morgan fingerprint density at radius 3 is 2.79 bits per heavy atom. The Hall–Kier alpha value is -2.21. The molecule has 1 atom stereocenters. The van der Waals surface area contributed by atoms with Gasteiger partial charge in [0, 0.05) is 6.54 Å². The van der Waals surface area contributed by atoms with E-state index in [-0.39, 0.29) is 5.91 Å². The second-order valence-electron chi connectivity index (χ2n) is 6.19. The van der Waals surface area contributed by atoms with Crippen LogP contribution in [-0.2, 0) is 4.79 Å². The number of hydrogen-bond donors (Lipinski definition) is 1. The summed E-state index contributed by atoms with van der Waals surface area (Å²) in [6.45, 7) is 4.46. The fourth-order valence-corrected chi connectivity index (χ4v) is 4.07. The summed E-state index contributed by atoms with van der Waals surface area (Å²) < 4.78 is 0. The molecule has 3 rings (SSSR count). The van der Waals surface area contributed by atoms with E-state index < -0.39 is 11.9 Å². The van der Waals surface area contributed by atoms with E-state index in [0.717, 1.165) is 33.9 Å². The van der Waals surface area contributed by atoms with Crippen LogP contribution in [0.5, 0.6) is 0 Å². The first-order valence-electron chi connectivity index (χ1n) is 8.12. The van der Waals surface area contributed by atoms with Crippen LogP contribution in [0.2, 0.25) is 0 Å². The number of aryl methyl sites for hydroxylation is 2. The van der Waals surface area contributed by atoms with Crippen LogP contribution in [0.3, 0.4) is 0 Å². The SMILES string of the molecule is Cc1cccc(-c2sc(C)nc2C(=O)N2CCCC[C@H]2C(N)=O)c1. The molecule has 0 bridgehead atoms. The summed E-state index contributed by atoms with van der Waals surface area (Å²) in [5.41, 5.74) is 8.04. The molecule has 1 fully saturated rings. The van der Waals surface area contributed by atoms with Crippen molar-refractivity contribution in [1.82, 2.24) is 9.88 Å². The maximum absolute atomic E-state index is 13.1. The molecule has 6 heteroatoms. The van der Waals surface area contributed by atoms with Gasteiger partial charge in [0.2, 0.25) is 5.91 Å². The molecule has 1 aromatic heterocycles. The molecule has 0 aliphatic carbocycles. The molecule has 0 saturated carbocycles. The van der Waals surface area contributed by atoms with Gasteiger partial charge in [-0.05, 0) is 38.7 Å². The zero-order valence-electron chi connectivity index (χ0n) is 13.9. The van der Waals surface area contributed by atoms with E-state index in [9.17, 15) is 9.59 Å². The molecule has 2 aromatic rings. The number of carbonyl (C=O) groups excluding carboxylic acids is 2. The number of thiazole rings is 1. The second kappa shape index (κ2) is 6.73. The average molecular weight is 343 g/mol. The number of likely N-dealkylation sites (tertiary alicyclic amines) is 1.